The van der Waals surface area contributed by atoms with Gasteiger partial charge in [-0.3, -0.25) is 9.77 Å². The van der Waals surface area contributed by atoms with Crippen LogP contribution in [0.4, 0.5) is 0 Å². The largest absolute Gasteiger partial charge is 0.367 e. The Morgan fingerprint density at radius 1 is 1.60 bits per heavy atom. The van der Waals surface area contributed by atoms with Gasteiger partial charge in [0.1, 0.15) is 0 Å². The number of rotatable bonds is 2. The minimum Gasteiger partial charge on any atom is -0.367 e. The van der Waals surface area contributed by atoms with Crippen LogP contribution in [0.5, 0.6) is 0 Å². The summed E-state index contributed by atoms with van der Waals surface area (Å²) in [5, 5.41) is 6.79. The van der Waals surface area contributed by atoms with Gasteiger partial charge in [-0.05, 0) is 5.92 Å². The van der Waals surface area contributed by atoms with E-state index in [-0.39, 0.29) is 6.10 Å². The Kier molecular flexibility index (Phi) is 3.39. The molecule has 0 aliphatic carbocycles. The van der Waals surface area contributed by atoms with Gasteiger partial charge in [0, 0.05) is 24.8 Å². The van der Waals surface area contributed by atoms with Crippen molar-refractivity contribution in [1.29, 1.82) is 0 Å². The Balaban J connectivity index is 2.07. The highest BCUT2D eigenvalue weighted by Crippen LogP contribution is 2.28. The topological polar surface area (TPSA) is 41.2 Å². The quantitative estimate of drug-likeness (QED) is 0.780. The van der Waals surface area contributed by atoms with Gasteiger partial charge in [0.05, 0.1) is 18.4 Å². The van der Waals surface area contributed by atoms with Crippen LogP contribution in [0.2, 0.25) is 0 Å². The zero-order valence-electron chi connectivity index (χ0n) is 9.18. The van der Waals surface area contributed by atoms with Crippen LogP contribution < -0.4 is 0 Å². The lowest BCUT2D eigenvalue weighted by Gasteiger charge is -2.37. The fourth-order valence-electron chi connectivity index (χ4n) is 1.80. The Morgan fingerprint density at radius 2 is 2.40 bits per heavy atom. The molecule has 5 heteroatoms. The van der Waals surface area contributed by atoms with Crippen molar-refractivity contribution in [2.24, 2.45) is 5.92 Å². The molecule has 1 saturated heterocycles. The second-order valence-electron chi connectivity index (χ2n) is 4.39. The molecular weight excluding hydrogens is 209 g/mol. The lowest BCUT2D eigenvalue weighted by molar-refractivity contribution is -0.0828. The molecule has 3 atom stereocenters. The summed E-state index contributed by atoms with van der Waals surface area (Å²) in [6.45, 7) is 6.28. The molecule has 0 radical (unpaired) electrons. The van der Waals surface area contributed by atoms with Gasteiger partial charge in [-0.1, -0.05) is 23.2 Å². The van der Waals surface area contributed by atoms with Crippen LogP contribution in [0, 0.1) is 5.92 Å². The van der Waals surface area contributed by atoms with Crippen LogP contribution in [0.15, 0.2) is 12.4 Å². The minimum absolute atomic E-state index is 0.141. The van der Waals surface area contributed by atoms with Crippen molar-refractivity contribution in [2.45, 2.75) is 26.1 Å². The molecule has 15 heavy (non-hydrogen) atoms. The molecule has 0 spiro atoms. The average Bonchev–Trinajstić information content (AvgIpc) is 2.69. The lowest BCUT2D eigenvalue weighted by Crippen LogP contribution is -2.41. The molecule has 1 aliphatic heterocycles. The lowest BCUT2D eigenvalue weighted by atomic mass is 10.0. The number of H-pyrrole nitrogens is 1. The molecule has 84 valence electrons. The highest BCUT2D eigenvalue weighted by atomic mass is 31.0. The second-order valence-corrected chi connectivity index (χ2v) is 5.12. The van der Waals surface area contributed by atoms with E-state index >= 15 is 0 Å². The van der Waals surface area contributed by atoms with E-state index in [0.717, 1.165) is 18.7 Å². The zero-order chi connectivity index (χ0) is 10.8. The number of ether oxygens (including phenoxy) is 1. The summed E-state index contributed by atoms with van der Waals surface area (Å²) in [6, 6.07) is 0. The molecule has 1 fully saturated rings. The van der Waals surface area contributed by atoms with E-state index in [1.165, 1.54) is 0 Å². The van der Waals surface area contributed by atoms with E-state index in [0.29, 0.717) is 12.0 Å². The Morgan fingerprint density at radius 3 is 3.00 bits per heavy atom. The maximum atomic E-state index is 6.05. The Labute approximate surface area is 92.6 Å². The number of aromatic nitrogens is 2. The Bertz CT molecular complexity index is 302. The monoisotopic (exact) mass is 227 g/mol. The van der Waals surface area contributed by atoms with E-state index < -0.39 is 0 Å². The predicted molar refractivity (Wildman–Crippen MR) is 62.3 cm³/mol. The average molecular weight is 227 g/mol. The van der Waals surface area contributed by atoms with Crippen LogP contribution in [0.3, 0.4) is 0 Å². The summed E-state index contributed by atoms with van der Waals surface area (Å²) in [5.41, 5.74) is 1.13. The first kappa shape index (κ1) is 11.1. The van der Waals surface area contributed by atoms with E-state index in [2.05, 4.69) is 38.1 Å². The van der Waals surface area contributed by atoms with Crippen LogP contribution in [-0.4, -0.2) is 34.1 Å². The molecule has 0 saturated carbocycles. The van der Waals surface area contributed by atoms with Crippen molar-refractivity contribution in [3.05, 3.63) is 18.0 Å². The highest BCUT2D eigenvalue weighted by molar-refractivity contribution is 7.13. The van der Waals surface area contributed by atoms with Crippen LogP contribution in [0.1, 0.15) is 25.5 Å². The van der Waals surface area contributed by atoms with Crippen LogP contribution >= 0.6 is 9.39 Å². The molecule has 4 nitrogen and oxygen atoms in total. The zero-order valence-corrected chi connectivity index (χ0v) is 10.3. The van der Waals surface area contributed by atoms with Gasteiger partial charge in [0.2, 0.25) is 0 Å². The third kappa shape index (κ3) is 2.57. The van der Waals surface area contributed by atoms with Crippen molar-refractivity contribution >= 4 is 9.39 Å². The third-order valence-corrected chi connectivity index (χ3v) is 3.21. The number of nitrogens with one attached hydrogen (secondary N) is 1. The number of hydrogen-bond donors (Lipinski definition) is 1. The van der Waals surface area contributed by atoms with Crippen molar-refractivity contribution in [2.75, 3.05) is 13.1 Å². The van der Waals surface area contributed by atoms with Crippen molar-refractivity contribution in [3.8, 4) is 0 Å². The standard InChI is InChI=1S/C10H18N3OP/c1-7(2)9-5-13(15)6-10(14-9)8-3-11-12-4-8/h3-4,7,9-10H,5-6,15H2,1-2H3,(H,11,12)/t9?,10-/m1/s1. The number of hydrogen-bond acceptors (Lipinski definition) is 3. The normalized spacial score (nSPS) is 28.5. The van der Waals surface area contributed by atoms with Crippen LogP contribution in [-0.2, 0) is 4.74 Å². The molecule has 1 aliphatic rings. The molecular formula is C10H18N3OP. The molecule has 2 heterocycles. The SMILES string of the molecule is CC(C)C1CN(P)C[C@H](c2cn[nH]c2)O1. The van der Waals surface area contributed by atoms with Gasteiger partial charge < -0.3 is 4.74 Å². The van der Waals surface area contributed by atoms with Gasteiger partial charge in [0.15, 0.2) is 0 Å². The van der Waals surface area contributed by atoms with Crippen molar-refractivity contribution in [1.82, 2.24) is 14.9 Å². The summed E-state index contributed by atoms with van der Waals surface area (Å²) in [7, 11) is 2.77. The number of morpholine rings is 1. The summed E-state index contributed by atoms with van der Waals surface area (Å²) in [5.74, 6) is 0.544. The molecule has 0 bridgehead atoms. The maximum Gasteiger partial charge on any atom is 0.0989 e. The molecule has 1 N–H and O–H groups in total. The maximum absolute atomic E-state index is 6.05. The van der Waals surface area contributed by atoms with Gasteiger partial charge >= 0.3 is 0 Å². The molecule has 0 amide bonds. The van der Waals surface area contributed by atoms with Crippen molar-refractivity contribution in [3.63, 3.8) is 0 Å². The van der Waals surface area contributed by atoms with Gasteiger partial charge in [-0.2, -0.15) is 5.10 Å². The third-order valence-electron chi connectivity index (χ3n) is 2.79. The van der Waals surface area contributed by atoms with Gasteiger partial charge in [-0.15, -0.1) is 0 Å². The fraction of sp³-hybridized carbons (Fsp3) is 0.700. The molecule has 0 aromatic carbocycles. The van der Waals surface area contributed by atoms with Crippen LogP contribution in [0.25, 0.3) is 0 Å². The van der Waals surface area contributed by atoms with E-state index in [9.17, 15) is 0 Å². The first-order valence-electron chi connectivity index (χ1n) is 5.30. The fourth-order valence-corrected chi connectivity index (χ4v) is 2.20. The molecule has 2 rings (SSSR count). The first-order chi connectivity index (χ1) is 7.16. The molecule has 2 unspecified atom stereocenters. The Hall–Kier alpha value is -0.440. The number of nitrogens with zero attached hydrogens (tertiary/aromatic N) is 2. The van der Waals surface area contributed by atoms with E-state index in [1.807, 2.05) is 12.4 Å². The second kappa shape index (κ2) is 4.60. The smallest absolute Gasteiger partial charge is 0.0989 e. The number of aromatic amines is 1. The minimum atomic E-state index is 0.141. The summed E-state index contributed by atoms with van der Waals surface area (Å²) >= 11 is 0. The van der Waals surface area contributed by atoms with Gasteiger partial charge in [0.25, 0.3) is 0 Å². The van der Waals surface area contributed by atoms with E-state index in [1.54, 1.807) is 0 Å². The predicted octanol–water partition coefficient (Wildman–Crippen LogP) is 1.60. The van der Waals surface area contributed by atoms with Crippen molar-refractivity contribution < 1.29 is 4.74 Å². The summed E-state index contributed by atoms with van der Waals surface area (Å²) < 4.78 is 8.29. The molecule has 1 aromatic heterocycles. The summed E-state index contributed by atoms with van der Waals surface area (Å²) in [6.07, 6.45) is 4.19. The highest BCUT2D eigenvalue weighted by Gasteiger charge is 2.29. The molecule has 1 aromatic rings. The first-order valence-corrected chi connectivity index (χ1v) is 5.82. The van der Waals surface area contributed by atoms with Gasteiger partial charge in [-0.25, -0.2) is 0 Å². The summed E-state index contributed by atoms with van der Waals surface area (Å²) in [4.78, 5) is 0. The van der Waals surface area contributed by atoms with E-state index in [4.69, 9.17) is 4.74 Å².